The zero-order valence-corrected chi connectivity index (χ0v) is 55.5. The summed E-state index contributed by atoms with van der Waals surface area (Å²) < 4.78 is 20.8. The number of alkyl carbamates (subject to hydrolysis) is 2. The van der Waals surface area contributed by atoms with E-state index in [1.165, 1.54) is 0 Å². The zero-order chi connectivity index (χ0) is 65.4. The fraction of sp³-hybridized carbons (Fsp3) is 0.591. The Bertz CT molecular complexity index is 2680. The molecule has 0 radical (unpaired) electrons. The minimum absolute atomic E-state index is 0.00518. The lowest BCUT2D eigenvalue weighted by Crippen LogP contribution is -2.59. The number of rotatable bonds is 20. The number of amides is 7. The van der Waals surface area contributed by atoms with Gasteiger partial charge in [-0.15, -0.1) is 0 Å². The number of ether oxygens (including phenoxy) is 4. The first-order chi connectivity index (χ1) is 39.1. The third kappa shape index (κ3) is 29.9. The van der Waals surface area contributed by atoms with E-state index in [-0.39, 0.29) is 88.9 Å². The molecule has 2 atom stereocenters. The fourth-order valence-corrected chi connectivity index (χ4v) is 8.35. The van der Waals surface area contributed by atoms with Crippen LogP contribution in [0.2, 0.25) is 0 Å². The van der Waals surface area contributed by atoms with Crippen molar-refractivity contribution in [1.29, 1.82) is 0 Å². The number of benzene rings is 3. The topological polar surface area (TPSA) is 253 Å². The van der Waals surface area contributed by atoms with Crippen LogP contribution in [-0.4, -0.2) is 77.4 Å². The van der Waals surface area contributed by atoms with Crippen molar-refractivity contribution in [2.24, 2.45) is 23.7 Å². The summed E-state index contributed by atoms with van der Waals surface area (Å²) in [7, 11) is 0. The van der Waals surface area contributed by atoms with Gasteiger partial charge in [0.25, 0.3) is 0 Å². The summed E-state index contributed by atoms with van der Waals surface area (Å²) in [5.41, 5.74) is 3.94. The minimum Gasteiger partial charge on any atom is -0.477 e. The molecule has 19 heteroatoms. The van der Waals surface area contributed by atoms with Gasteiger partial charge in [0.15, 0.2) is 5.88 Å². The maximum atomic E-state index is 12.1. The lowest BCUT2D eigenvalue weighted by Gasteiger charge is -2.45. The van der Waals surface area contributed by atoms with Gasteiger partial charge in [-0.25, -0.2) is 14.4 Å². The van der Waals surface area contributed by atoms with E-state index in [1.54, 1.807) is 26.0 Å². The van der Waals surface area contributed by atoms with Gasteiger partial charge in [0.05, 0.1) is 35.5 Å². The molecule has 476 valence electrons. The molecule has 1 aliphatic rings. The molecule has 0 aromatic heterocycles. The van der Waals surface area contributed by atoms with Crippen LogP contribution in [0.25, 0.3) is 0 Å². The van der Waals surface area contributed by atoms with E-state index < -0.39 is 23.3 Å². The minimum atomic E-state index is -0.597. The number of nitrogens with one attached hydrogen (secondary N) is 8. The highest BCUT2D eigenvalue weighted by molar-refractivity contribution is 5.94. The van der Waals surface area contributed by atoms with Gasteiger partial charge < -0.3 is 56.2 Å². The number of carbonyl (C=O) groups is 7. The van der Waals surface area contributed by atoms with Gasteiger partial charge in [-0.05, 0) is 183 Å². The van der Waals surface area contributed by atoms with Crippen molar-refractivity contribution in [2.75, 3.05) is 21.3 Å². The van der Waals surface area contributed by atoms with E-state index >= 15 is 0 Å². The first kappa shape index (κ1) is 75.7. The van der Waals surface area contributed by atoms with Crippen molar-refractivity contribution in [3.05, 3.63) is 95.9 Å². The Balaban J connectivity index is 0.000000570. The third-order valence-corrected chi connectivity index (χ3v) is 12.9. The van der Waals surface area contributed by atoms with E-state index in [0.29, 0.717) is 23.7 Å². The molecule has 1 aliphatic carbocycles. The van der Waals surface area contributed by atoms with Gasteiger partial charge in [0.1, 0.15) is 0 Å². The second-order valence-electron chi connectivity index (χ2n) is 25.6. The van der Waals surface area contributed by atoms with E-state index in [4.69, 9.17) is 18.9 Å². The van der Waals surface area contributed by atoms with Gasteiger partial charge in [-0.2, -0.15) is 0 Å². The largest absolute Gasteiger partial charge is 0.477 e. The average molecular weight is 1190 g/mol. The molecule has 4 rings (SSSR count). The smallest absolute Gasteiger partial charge is 0.411 e. The molecule has 2 unspecified atom stereocenters. The Hall–Kier alpha value is -7.31. The van der Waals surface area contributed by atoms with Crippen LogP contribution in [0.1, 0.15) is 195 Å². The molecule has 0 saturated heterocycles. The van der Waals surface area contributed by atoms with Crippen molar-refractivity contribution < 1.29 is 52.5 Å². The van der Waals surface area contributed by atoms with E-state index in [1.807, 2.05) is 193 Å². The molecule has 19 nitrogen and oxygen atoms in total. The summed E-state index contributed by atoms with van der Waals surface area (Å²) in [4.78, 5) is 82.7. The van der Waals surface area contributed by atoms with Crippen LogP contribution in [0, 0.1) is 30.6 Å². The van der Waals surface area contributed by atoms with E-state index in [0.717, 1.165) is 47.3 Å². The predicted molar refractivity (Wildman–Crippen MR) is 342 cm³/mol. The first-order valence-electron chi connectivity index (χ1n) is 29.7. The van der Waals surface area contributed by atoms with Crippen LogP contribution in [0.5, 0.6) is 0 Å². The van der Waals surface area contributed by atoms with Crippen LogP contribution in [-0.2, 0) is 49.2 Å². The van der Waals surface area contributed by atoms with Gasteiger partial charge in [0.2, 0.25) is 23.6 Å². The maximum absolute atomic E-state index is 12.1. The summed E-state index contributed by atoms with van der Waals surface area (Å²) in [6.07, 6.45) is 1.76. The Labute approximate surface area is 508 Å². The fourth-order valence-electron chi connectivity index (χ4n) is 8.35. The van der Waals surface area contributed by atoms with Crippen molar-refractivity contribution in [3.8, 4) is 0 Å². The van der Waals surface area contributed by atoms with Crippen LogP contribution in [0.15, 0.2) is 79.2 Å². The Morgan fingerprint density at radius 3 is 1.34 bits per heavy atom. The quantitative estimate of drug-likeness (QED) is 0.0388. The third-order valence-electron chi connectivity index (χ3n) is 12.9. The molecule has 3 aromatic rings. The van der Waals surface area contributed by atoms with Gasteiger partial charge in [-0.1, -0.05) is 91.8 Å². The zero-order valence-electron chi connectivity index (χ0n) is 55.5. The second kappa shape index (κ2) is 34.6. The van der Waals surface area contributed by atoms with Crippen LogP contribution >= 0.6 is 0 Å². The summed E-state index contributed by atoms with van der Waals surface area (Å²) in [5.74, 6) is 0.232. The number of hydrogen-bond donors (Lipinski definition) is 8. The van der Waals surface area contributed by atoms with Crippen LogP contribution in [0.4, 0.5) is 37.1 Å². The summed E-state index contributed by atoms with van der Waals surface area (Å²) >= 11 is 0. The normalized spacial score (nSPS) is 15.7. The average Bonchev–Trinajstić information content (AvgIpc) is 3.43. The standard InChI is InChI=1S/C20H32N2O3.C16H30N2O3.C15H22N2O3.C15H22N2O2/c1-13(2)17(23)21-19(5,6)15-10-9-11-16(12-15)20(7,8)22-18(24)25-14(3)4;1-11(2)13(19)17-15(5)8-7-9-16(6,10-15)18-14(20)21-12(3)4;1-9(2)14(18)16-12-7-6-11(5)13(8-12)17-15(19)20-10(3)4;1-10(2)15(18)17-14-8-6-7-13(9-14)16-12(5)19-11(3)4/h9-14H,1-8H3,(H,21,23)(H,22,24);11-12H,7-10H2,1-6H3,(H,17,19)(H,18,20);6-10H,1-5H3,(H,16,18)(H,17,19);6-11,16H,5H2,1-4H3,(H,17,18). The summed E-state index contributed by atoms with van der Waals surface area (Å²) in [6.45, 7) is 47.1. The Morgan fingerprint density at radius 2 is 0.871 bits per heavy atom. The maximum Gasteiger partial charge on any atom is 0.411 e. The van der Waals surface area contributed by atoms with Gasteiger partial charge in [0, 0.05) is 57.5 Å². The molecule has 0 bridgehead atoms. The number of hydrogen-bond acceptors (Lipinski definition) is 12. The molecule has 0 heterocycles. The first-order valence-corrected chi connectivity index (χ1v) is 29.7. The molecule has 1 fully saturated rings. The van der Waals surface area contributed by atoms with Gasteiger partial charge in [-0.3, -0.25) is 24.5 Å². The van der Waals surface area contributed by atoms with Crippen molar-refractivity contribution in [2.45, 2.75) is 232 Å². The van der Waals surface area contributed by atoms with Crippen LogP contribution in [0.3, 0.4) is 0 Å². The highest BCUT2D eigenvalue weighted by Gasteiger charge is 2.42. The second-order valence-corrected chi connectivity index (χ2v) is 25.6. The van der Waals surface area contributed by atoms with Crippen molar-refractivity contribution in [1.82, 2.24) is 21.3 Å². The number of aryl methyl sites for hydroxylation is 1. The van der Waals surface area contributed by atoms with Crippen LogP contribution < -0.4 is 42.5 Å². The highest BCUT2D eigenvalue weighted by atomic mass is 16.6. The molecular weight excluding hydrogens is 1080 g/mol. The lowest BCUT2D eigenvalue weighted by molar-refractivity contribution is -0.127. The van der Waals surface area contributed by atoms with E-state index in [9.17, 15) is 33.6 Å². The molecule has 0 aliphatic heterocycles. The Kier molecular flexibility index (Phi) is 30.8. The molecule has 0 spiro atoms. The summed E-state index contributed by atoms with van der Waals surface area (Å²) in [6, 6.07) is 20.7. The van der Waals surface area contributed by atoms with E-state index in [2.05, 4.69) is 56.0 Å². The summed E-state index contributed by atoms with van der Waals surface area (Å²) in [5, 5.41) is 23.4. The van der Waals surface area contributed by atoms with Gasteiger partial charge >= 0.3 is 18.3 Å². The molecular formula is C66H106N8O11. The molecule has 7 amide bonds. The Morgan fingerprint density at radius 1 is 0.459 bits per heavy atom. The molecule has 85 heavy (non-hydrogen) atoms. The molecule has 8 N–H and O–H groups in total. The SMILES string of the molecule is C=C(Nc1cccc(NC(=O)C(C)C)c1)OC(C)C.CC(C)OC(=O)NC(C)(C)c1cccc(C(C)(C)NC(=O)C(C)C)c1.CC(C)OC(=O)NC1(C)CCCC(C)(NC(=O)C(C)C)C1.Cc1ccc(NC(=O)C(C)C)cc1NC(=O)OC(C)C. The lowest BCUT2D eigenvalue weighted by atomic mass is 9.72. The monoisotopic (exact) mass is 1190 g/mol. The number of anilines is 4. The number of carbonyl (C=O) groups excluding carboxylic acids is 7. The molecule has 1 saturated carbocycles. The van der Waals surface area contributed by atoms with Crippen molar-refractivity contribution in [3.63, 3.8) is 0 Å². The molecule has 3 aromatic carbocycles. The van der Waals surface area contributed by atoms with Crippen molar-refractivity contribution >= 4 is 64.7 Å². The predicted octanol–water partition coefficient (Wildman–Crippen LogP) is 14.2. The highest BCUT2D eigenvalue weighted by Crippen LogP contribution is 2.36.